The largest absolute Gasteiger partial charge is 0.493 e. The van der Waals surface area contributed by atoms with Gasteiger partial charge in [-0.25, -0.2) is 4.68 Å². The lowest BCUT2D eigenvalue weighted by molar-refractivity contribution is 0.0945. The van der Waals surface area contributed by atoms with E-state index in [0.29, 0.717) is 30.8 Å². The minimum absolute atomic E-state index is 0.193. The third-order valence-electron chi connectivity index (χ3n) is 4.73. The highest BCUT2D eigenvalue weighted by molar-refractivity contribution is 5.93. The molecule has 1 amide bonds. The number of hydrogen-bond acceptors (Lipinski definition) is 5. The maximum Gasteiger partial charge on any atom is 0.274 e. The highest BCUT2D eigenvalue weighted by Gasteiger charge is 2.22. The number of hydrogen-bond donors (Lipinski definition) is 2. The second kappa shape index (κ2) is 8.99. The summed E-state index contributed by atoms with van der Waals surface area (Å²) in [5, 5.41) is 14.6. The smallest absolute Gasteiger partial charge is 0.274 e. The Bertz CT molecular complexity index is 765. The normalized spacial score (nSPS) is 15.1. The summed E-state index contributed by atoms with van der Waals surface area (Å²) in [5.74, 6) is 1.10. The van der Waals surface area contributed by atoms with Crippen molar-refractivity contribution in [1.29, 1.82) is 0 Å². The van der Waals surface area contributed by atoms with Crippen LogP contribution in [0.15, 0.2) is 24.3 Å². The molecule has 1 aliphatic heterocycles. The number of amides is 1. The summed E-state index contributed by atoms with van der Waals surface area (Å²) < 4.78 is 7.64. The molecule has 7 heteroatoms. The first kappa shape index (κ1) is 19.4. The van der Waals surface area contributed by atoms with Crippen molar-refractivity contribution < 1.29 is 9.53 Å². The number of nitrogens with zero attached hydrogens (tertiary/aromatic N) is 3. The molecule has 3 rings (SSSR count). The molecule has 0 radical (unpaired) electrons. The number of benzene rings is 1. The predicted molar refractivity (Wildman–Crippen MR) is 104 cm³/mol. The first-order valence-electron chi connectivity index (χ1n) is 9.67. The number of piperidine rings is 1. The average Bonchev–Trinajstić information content (AvgIpc) is 3.07. The highest BCUT2D eigenvalue weighted by Crippen LogP contribution is 2.20. The van der Waals surface area contributed by atoms with Gasteiger partial charge in [0, 0.05) is 6.54 Å². The Labute approximate surface area is 160 Å². The molecule has 1 aromatic heterocycles. The Morgan fingerprint density at radius 2 is 2.15 bits per heavy atom. The van der Waals surface area contributed by atoms with E-state index in [9.17, 15) is 4.79 Å². The molecule has 0 unspecified atom stereocenters. The monoisotopic (exact) mass is 371 g/mol. The van der Waals surface area contributed by atoms with Crippen LogP contribution in [-0.2, 0) is 6.54 Å². The molecule has 27 heavy (non-hydrogen) atoms. The molecular formula is C20H29N5O2. The van der Waals surface area contributed by atoms with E-state index in [4.69, 9.17) is 4.74 Å². The van der Waals surface area contributed by atoms with Gasteiger partial charge >= 0.3 is 0 Å². The van der Waals surface area contributed by atoms with Crippen molar-refractivity contribution in [1.82, 2.24) is 25.6 Å². The van der Waals surface area contributed by atoms with Crippen LogP contribution in [0.5, 0.6) is 5.75 Å². The number of ether oxygens (including phenoxy) is 1. The lowest BCUT2D eigenvalue weighted by Crippen LogP contribution is -2.30. The molecule has 1 saturated heterocycles. The van der Waals surface area contributed by atoms with E-state index in [2.05, 4.69) is 34.8 Å². The van der Waals surface area contributed by atoms with Crippen molar-refractivity contribution >= 4 is 5.91 Å². The van der Waals surface area contributed by atoms with Gasteiger partial charge < -0.3 is 15.4 Å². The van der Waals surface area contributed by atoms with Gasteiger partial charge in [-0.2, -0.15) is 0 Å². The average molecular weight is 371 g/mol. The van der Waals surface area contributed by atoms with Crippen LogP contribution < -0.4 is 15.4 Å². The Kier molecular flexibility index (Phi) is 6.45. The quantitative estimate of drug-likeness (QED) is 0.781. The zero-order valence-corrected chi connectivity index (χ0v) is 16.4. The lowest BCUT2D eigenvalue weighted by atomic mass is 10.1. The molecule has 2 aromatic rings. The van der Waals surface area contributed by atoms with Crippen molar-refractivity contribution in [2.45, 2.75) is 46.2 Å². The highest BCUT2D eigenvalue weighted by atomic mass is 16.5. The van der Waals surface area contributed by atoms with Crippen LogP contribution in [0.2, 0.25) is 0 Å². The van der Waals surface area contributed by atoms with E-state index in [1.165, 1.54) is 0 Å². The number of carbonyl (C=O) groups excluding carboxylic acids is 1. The molecule has 0 spiro atoms. The molecule has 1 fully saturated rings. The van der Waals surface area contributed by atoms with Crippen LogP contribution >= 0.6 is 0 Å². The maximum absolute atomic E-state index is 12.6. The predicted octanol–water partition coefficient (Wildman–Crippen LogP) is 2.48. The molecule has 0 bridgehead atoms. The van der Waals surface area contributed by atoms with Gasteiger partial charge in [-0.3, -0.25) is 4.79 Å². The van der Waals surface area contributed by atoms with Gasteiger partial charge in [0.15, 0.2) is 5.69 Å². The van der Waals surface area contributed by atoms with E-state index in [-0.39, 0.29) is 5.91 Å². The van der Waals surface area contributed by atoms with E-state index in [1.807, 2.05) is 35.9 Å². The topological polar surface area (TPSA) is 81.1 Å². The minimum Gasteiger partial charge on any atom is -0.493 e. The third kappa shape index (κ3) is 5.07. The SMILES string of the molecule is Cc1c(C(=O)NCc2cccc(OCC(C)C)c2)nnn1C1CCNCC1. The molecular weight excluding hydrogens is 342 g/mol. The second-order valence-corrected chi connectivity index (χ2v) is 7.48. The standard InChI is InChI=1S/C20H29N5O2/c1-14(2)13-27-18-6-4-5-16(11-18)12-22-20(26)19-15(3)25(24-23-19)17-7-9-21-10-8-17/h4-6,11,14,17,21H,7-10,12-13H2,1-3H3,(H,22,26). The molecule has 2 heterocycles. The van der Waals surface area contributed by atoms with Crippen LogP contribution in [0.4, 0.5) is 0 Å². The Morgan fingerprint density at radius 1 is 1.37 bits per heavy atom. The number of carbonyl (C=O) groups is 1. The van der Waals surface area contributed by atoms with Crippen LogP contribution in [0.3, 0.4) is 0 Å². The Balaban J connectivity index is 1.59. The molecule has 1 aromatic carbocycles. The van der Waals surface area contributed by atoms with Gasteiger partial charge in [0.2, 0.25) is 0 Å². The van der Waals surface area contributed by atoms with Crippen molar-refractivity contribution in [3.05, 3.63) is 41.2 Å². The van der Waals surface area contributed by atoms with E-state index >= 15 is 0 Å². The molecule has 0 saturated carbocycles. The summed E-state index contributed by atoms with van der Waals surface area (Å²) >= 11 is 0. The first-order valence-corrected chi connectivity index (χ1v) is 9.67. The molecule has 146 valence electrons. The van der Waals surface area contributed by atoms with Crippen LogP contribution in [0, 0.1) is 12.8 Å². The molecule has 0 atom stereocenters. The van der Waals surface area contributed by atoms with Gasteiger partial charge in [0.1, 0.15) is 5.75 Å². The summed E-state index contributed by atoms with van der Waals surface area (Å²) in [6, 6.07) is 8.12. The first-order chi connectivity index (χ1) is 13.0. The zero-order chi connectivity index (χ0) is 19.2. The molecule has 2 N–H and O–H groups in total. The van der Waals surface area contributed by atoms with E-state index in [1.54, 1.807) is 0 Å². The van der Waals surface area contributed by atoms with Crippen LogP contribution in [-0.4, -0.2) is 40.6 Å². The summed E-state index contributed by atoms with van der Waals surface area (Å²) in [5.41, 5.74) is 2.22. The number of nitrogens with one attached hydrogen (secondary N) is 2. The summed E-state index contributed by atoms with van der Waals surface area (Å²) in [7, 11) is 0. The molecule has 1 aliphatic rings. The fraction of sp³-hybridized carbons (Fsp3) is 0.550. The fourth-order valence-electron chi connectivity index (χ4n) is 3.22. The summed E-state index contributed by atoms with van der Waals surface area (Å²) in [6.45, 7) is 9.19. The van der Waals surface area contributed by atoms with Gasteiger partial charge in [-0.05, 0) is 56.5 Å². The van der Waals surface area contributed by atoms with E-state index in [0.717, 1.165) is 42.9 Å². The van der Waals surface area contributed by atoms with Gasteiger partial charge in [0.05, 0.1) is 18.3 Å². The lowest BCUT2D eigenvalue weighted by Gasteiger charge is -2.23. The summed E-state index contributed by atoms with van der Waals surface area (Å²) in [6.07, 6.45) is 2.02. The summed E-state index contributed by atoms with van der Waals surface area (Å²) in [4.78, 5) is 12.6. The van der Waals surface area contributed by atoms with Crippen molar-refractivity contribution in [2.75, 3.05) is 19.7 Å². The van der Waals surface area contributed by atoms with Crippen LogP contribution in [0.1, 0.15) is 54.5 Å². The van der Waals surface area contributed by atoms with Crippen LogP contribution in [0.25, 0.3) is 0 Å². The van der Waals surface area contributed by atoms with Crippen molar-refractivity contribution in [3.8, 4) is 5.75 Å². The number of rotatable bonds is 7. The van der Waals surface area contributed by atoms with Gasteiger partial charge in [0.25, 0.3) is 5.91 Å². The number of aromatic nitrogens is 3. The fourth-order valence-corrected chi connectivity index (χ4v) is 3.22. The third-order valence-corrected chi connectivity index (χ3v) is 4.73. The van der Waals surface area contributed by atoms with E-state index < -0.39 is 0 Å². The Morgan fingerprint density at radius 3 is 2.89 bits per heavy atom. The zero-order valence-electron chi connectivity index (χ0n) is 16.4. The maximum atomic E-state index is 12.6. The Hall–Kier alpha value is -2.41. The van der Waals surface area contributed by atoms with Gasteiger partial charge in [-0.15, -0.1) is 5.10 Å². The minimum atomic E-state index is -0.193. The molecule has 7 nitrogen and oxygen atoms in total. The van der Waals surface area contributed by atoms with Crippen molar-refractivity contribution in [2.24, 2.45) is 5.92 Å². The van der Waals surface area contributed by atoms with Gasteiger partial charge in [-0.1, -0.05) is 31.2 Å². The second-order valence-electron chi connectivity index (χ2n) is 7.48. The molecule has 0 aliphatic carbocycles. The van der Waals surface area contributed by atoms with Crippen molar-refractivity contribution in [3.63, 3.8) is 0 Å².